The van der Waals surface area contributed by atoms with E-state index in [9.17, 15) is 24.6 Å². The normalized spacial score (nSPS) is 10.8. The van der Waals surface area contributed by atoms with Crippen LogP contribution in [0, 0.1) is 5.92 Å². The van der Waals surface area contributed by atoms with E-state index in [0.29, 0.717) is 22.8 Å². The molecule has 1 aromatic heterocycles. The minimum atomic E-state index is -2.04. The highest BCUT2D eigenvalue weighted by atomic mass is 35.5. The van der Waals surface area contributed by atoms with E-state index in [1.54, 1.807) is 13.8 Å². The second-order valence-corrected chi connectivity index (χ2v) is 5.07. The van der Waals surface area contributed by atoms with Crippen LogP contribution in [0.1, 0.15) is 26.7 Å². The highest BCUT2D eigenvalue weighted by Gasteiger charge is 2.39. The third-order valence-corrected chi connectivity index (χ3v) is 3.48. The predicted octanol–water partition coefficient (Wildman–Crippen LogP) is 2.04. The van der Waals surface area contributed by atoms with Crippen molar-refractivity contribution in [2.45, 2.75) is 32.7 Å². The molecule has 0 unspecified atom stereocenters. The summed E-state index contributed by atoms with van der Waals surface area (Å²) in [6.07, 6.45) is 2.15. The Hall–Kier alpha value is -2.15. The molecule has 0 bridgehead atoms. The highest BCUT2D eigenvalue weighted by Crippen LogP contribution is 2.22. The molecule has 0 saturated heterocycles. The average molecular weight is 329 g/mol. The van der Waals surface area contributed by atoms with Crippen molar-refractivity contribution < 1.29 is 24.6 Å². The van der Waals surface area contributed by atoms with Gasteiger partial charge in [-0.3, -0.25) is 9.69 Å². The lowest BCUT2D eigenvalue weighted by molar-refractivity contribution is -0.151. The standard InChI is InChI=1S/C14H17ClN2O5/c1-3-8(4-2)12(18)17(11(13(19)20)14(21)22)10-6-5-9(15)7-16-10/h5-8,11H,3-4H2,1-2H3,(H,19,20)(H,21,22). The highest BCUT2D eigenvalue weighted by molar-refractivity contribution is 6.30. The van der Waals surface area contributed by atoms with Gasteiger partial charge in [-0.25, -0.2) is 14.6 Å². The second kappa shape index (κ2) is 7.74. The van der Waals surface area contributed by atoms with Crippen molar-refractivity contribution in [2.75, 3.05) is 4.90 Å². The number of nitrogens with zero attached hydrogens (tertiary/aromatic N) is 2. The van der Waals surface area contributed by atoms with Crippen molar-refractivity contribution in [2.24, 2.45) is 5.92 Å². The maximum absolute atomic E-state index is 12.6. The summed E-state index contributed by atoms with van der Waals surface area (Å²) >= 11 is 5.72. The first-order valence-corrected chi connectivity index (χ1v) is 7.11. The summed E-state index contributed by atoms with van der Waals surface area (Å²) in [5, 5.41) is 18.6. The van der Waals surface area contributed by atoms with Gasteiger partial charge in [0.15, 0.2) is 0 Å². The molecule has 0 fully saturated rings. The number of carboxylic acids is 2. The Kier molecular flexibility index (Phi) is 6.30. The second-order valence-electron chi connectivity index (χ2n) is 4.64. The van der Waals surface area contributed by atoms with Crippen LogP contribution < -0.4 is 4.90 Å². The first-order valence-electron chi connectivity index (χ1n) is 6.73. The van der Waals surface area contributed by atoms with Gasteiger partial charge in [0.1, 0.15) is 5.82 Å². The molecule has 0 aliphatic heterocycles. The Morgan fingerprint density at radius 2 is 1.73 bits per heavy atom. The van der Waals surface area contributed by atoms with Gasteiger partial charge in [0.2, 0.25) is 11.9 Å². The van der Waals surface area contributed by atoms with Crippen LogP contribution in [0.25, 0.3) is 0 Å². The molecule has 8 heteroatoms. The van der Waals surface area contributed by atoms with Gasteiger partial charge in [0, 0.05) is 12.1 Å². The molecule has 0 atom stereocenters. The molecule has 7 nitrogen and oxygen atoms in total. The molecule has 1 amide bonds. The van der Waals surface area contributed by atoms with E-state index in [1.165, 1.54) is 18.3 Å². The van der Waals surface area contributed by atoms with Crippen molar-refractivity contribution in [3.8, 4) is 0 Å². The summed E-state index contributed by atoms with van der Waals surface area (Å²) < 4.78 is 0. The molecule has 0 aromatic carbocycles. The third kappa shape index (κ3) is 3.94. The van der Waals surface area contributed by atoms with Gasteiger partial charge in [-0.1, -0.05) is 25.4 Å². The maximum atomic E-state index is 12.6. The van der Waals surface area contributed by atoms with Crippen molar-refractivity contribution in [3.05, 3.63) is 23.4 Å². The topological polar surface area (TPSA) is 108 Å². The molecule has 0 aliphatic carbocycles. The number of aromatic nitrogens is 1. The number of hydrogen-bond acceptors (Lipinski definition) is 4. The third-order valence-electron chi connectivity index (χ3n) is 3.26. The zero-order chi connectivity index (χ0) is 16.9. The van der Waals surface area contributed by atoms with Gasteiger partial charge in [-0.2, -0.15) is 0 Å². The van der Waals surface area contributed by atoms with E-state index in [4.69, 9.17) is 11.6 Å². The van der Waals surface area contributed by atoms with E-state index in [2.05, 4.69) is 4.98 Å². The van der Waals surface area contributed by atoms with Crippen LogP contribution in [-0.2, 0) is 14.4 Å². The monoisotopic (exact) mass is 328 g/mol. The average Bonchev–Trinajstić information content (AvgIpc) is 2.46. The van der Waals surface area contributed by atoms with Gasteiger partial charge in [-0.15, -0.1) is 0 Å². The number of aliphatic carboxylic acids is 2. The first kappa shape index (κ1) is 17.9. The summed E-state index contributed by atoms with van der Waals surface area (Å²) in [4.78, 5) is 39.8. The van der Waals surface area contributed by atoms with Crippen molar-refractivity contribution in [3.63, 3.8) is 0 Å². The number of halogens is 1. The number of rotatable bonds is 7. The van der Waals surface area contributed by atoms with Gasteiger partial charge in [-0.05, 0) is 25.0 Å². The van der Waals surface area contributed by atoms with E-state index in [1.807, 2.05) is 0 Å². The minimum Gasteiger partial charge on any atom is -0.479 e. The van der Waals surface area contributed by atoms with Crippen LogP contribution in [0.4, 0.5) is 5.82 Å². The fraction of sp³-hybridized carbons (Fsp3) is 0.429. The van der Waals surface area contributed by atoms with Crippen molar-refractivity contribution in [1.29, 1.82) is 0 Å². The molecule has 120 valence electrons. The summed E-state index contributed by atoms with van der Waals surface area (Å²) in [5.74, 6) is -4.41. The van der Waals surface area contributed by atoms with Crippen molar-refractivity contribution >= 4 is 35.3 Å². The predicted molar refractivity (Wildman–Crippen MR) is 79.9 cm³/mol. The molecular formula is C14H17ClN2O5. The summed E-state index contributed by atoms with van der Waals surface area (Å²) in [6, 6.07) is 0.695. The van der Waals surface area contributed by atoms with E-state index in [-0.39, 0.29) is 5.82 Å². The van der Waals surface area contributed by atoms with Crippen LogP contribution in [0.15, 0.2) is 18.3 Å². The van der Waals surface area contributed by atoms with E-state index in [0.717, 1.165) is 0 Å². The Morgan fingerprint density at radius 3 is 2.09 bits per heavy atom. The van der Waals surface area contributed by atoms with Gasteiger partial charge in [0.05, 0.1) is 5.02 Å². The molecule has 0 saturated carbocycles. The summed E-state index contributed by atoms with van der Waals surface area (Å²) in [6.45, 7) is 3.55. The minimum absolute atomic E-state index is 0.0592. The Labute approximate surface area is 132 Å². The smallest absolute Gasteiger partial charge is 0.338 e. The molecule has 1 heterocycles. The maximum Gasteiger partial charge on any atom is 0.338 e. The molecule has 0 radical (unpaired) electrons. The van der Waals surface area contributed by atoms with E-state index >= 15 is 0 Å². The van der Waals surface area contributed by atoms with Gasteiger partial charge >= 0.3 is 11.9 Å². The molecule has 1 aromatic rings. The fourth-order valence-corrected chi connectivity index (χ4v) is 2.16. The molecule has 0 aliphatic rings. The molecule has 1 rings (SSSR count). The number of pyridine rings is 1. The lowest BCUT2D eigenvalue weighted by Crippen LogP contribution is -2.52. The largest absolute Gasteiger partial charge is 0.479 e. The quantitative estimate of drug-likeness (QED) is 0.741. The lowest BCUT2D eigenvalue weighted by atomic mass is 10.0. The number of carbonyl (C=O) groups is 3. The number of hydrogen-bond donors (Lipinski definition) is 2. The molecule has 0 spiro atoms. The molecule has 2 N–H and O–H groups in total. The van der Waals surface area contributed by atoms with Crippen LogP contribution in [0.5, 0.6) is 0 Å². The summed E-state index contributed by atoms with van der Waals surface area (Å²) in [5.41, 5.74) is 0. The lowest BCUT2D eigenvalue weighted by Gasteiger charge is -2.28. The Bertz CT molecular complexity index is 543. The number of carboxylic acid groups (broad SMARTS) is 2. The number of anilines is 1. The molecule has 22 heavy (non-hydrogen) atoms. The van der Waals surface area contributed by atoms with Gasteiger partial charge < -0.3 is 10.2 Å². The van der Waals surface area contributed by atoms with Crippen molar-refractivity contribution in [1.82, 2.24) is 4.98 Å². The fourth-order valence-electron chi connectivity index (χ4n) is 2.04. The van der Waals surface area contributed by atoms with Gasteiger partial charge in [0.25, 0.3) is 0 Å². The zero-order valence-corrected chi connectivity index (χ0v) is 12.9. The molecular weight excluding hydrogens is 312 g/mol. The summed E-state index contributed by atoms with van der Waals surface area (Å²) in [7, 11) is 0. The van der Waals surface area contributed by atoms with Crippen LogP contribution in [0.3, 0.4) is 0 Å². The number of amides is 1. The first-order chi connectivity index (χ1) is 10.3. The Balaban J connectivity index is 3.37. The SMILES string of the molecule is CCC(CC)C(=O)N(c1ccc(Cl)cn1)C(C(=O)O)C(=O)O. The zero-order valence-electron chi connectivity index (χ0n) is 12.2. The number of carbonyl (C=O) groups excluding carboxylic acids is 1. The van der Waals surface area contributed by atoms with Crippen LogP contribution >= 0.6 is 11.6 Å². The Morgan fingerprint density at radius 1 is 1.18 bits per heavy atom. The van der Waals surface area contributed by atoms with E-state index < -0.39 is 29.8 Å². The van der Waals surface area contributed by atoms with Crippen LogP contribution in [-0.4, -0.2) is 39.1 Å². The van der Waals surface area contributed by atoms with Crippen LogP contribution in [0.2, 0.25) is 5.02 Å².